The molecule has 0 spiro atoms. The highest BCUT2D eigenvalue weighted by Gasteiger charge is 2.16. The fourth-order valence-corrected chi connectivity index (χ4v) is 2.31. The lowest BCUT2D eigenvalue weighted by molar-refractivity contribution is -0.384. The van der Waals surface area contributed by atoms with Crippen LogP contribution in [0.4, 0.5) is 11.4 Å². The third-order valence-electron chi connectivity index (χ3n) is 3.49. The zero-order valence-corrected chi connectivity index (χ0v) is 12.4. The molecule has 0 unspecified atom stereocenters. The molecule has 0 amide bonds. The van der Waals surface area contributed by atoms with Crippen LogP contribution in [0.25, 0.3) is 0 Å². The third-order valence-corrected chi connectivity index (χ3v) is 3.49. The molecule has 0 atom stereocenters. The van der Waals surface area contributed by atoms with Gasteiger partial charge in [0.1, 0.15) is 18.6 Å². The molecular weight excluding hydrogens is 296 g/mol. The minimum atomic E-state index is -0.440. The Kier molecular flexibility index (Phi) is 4.42. The lowest BCUT2D eigenvalue weighted by atomic mass is 10.2. The maximum atomic E-state index is 10.6. The van der Waals surface area contributed by atoms with E-state index in [9.17, 15) is 10.1 Å². The quantitative estimate of drug-likeness (QED) is 0.492. The summed E-state index contributed by atoms with van der Waals surface area (Å²) in [5.74, 6) is 1.25. The molecule has 0 aromatic heterocycles. The third kappa shape index (κ3) is 3.79. The predicted octanol–water partition coefficient (Wildman–Crippen LogP) is 3.35. The van der Waals surface area contributed by atoms with Crippen molar-refractivity contribution >= 4 is 11.4 Å². The van der Waals surface area contributed by atoms with Gasteiger partial charge in [0.05, 0.1) is 18.0 Å². The summed E-state index contributed by atoms with van der Waals surface area (Å²) in [6.07, 6.45) is 1.55. The first-order valence-electron chi connectivity index (χ1n) is 7.25. The molecule has 0 saturated carbocycles. The summed E-state index contributed by atoms with van der Waals surface area (Å²) in [6, 6.07) is 16.0. The van der Waals surface area contributed by atoms with E-state index < -0.39 is 4.92 Å². The Hall–Kier alpha value is -3.02. The summed E-state index contributed by atoms with van der Waals surface area (Å²) in [4.78, 5) is 12.4. The number of hydrogen-bond donors (Lipinski definition) is 0. The molecule has 118 valence electrons. The van der Waals surface area contributed by atoms with Crippen molar-refractivity contribution in [1.29, 1.82) is 0 Å². The van der Waals surface area contributed by atoms with Crippen LogP contribution in [-0.2, 0) is 4.74 Å². The van der Waals surface area contributed by atoms with Gasteiger partial charge in [-0.1, -0.05) is 18.2 Å². The van der Waals surface area contributed by atoms with Crippen LogP contribution in [0.2, 0.25) is 0 Å². The van der Waals surface area contributed by atoms with Crippen molar-refractivity contribution in [3.63, 3.8) is 0 Å². The maximum absolute atomic E-state index is 10.6. The number of ether oxygens (including phenoxy) is 2. The van der Waals surface area contributed by atoms with Crippen molar-refractivity contribution in [2.45, 2.75) is 0 Å². The zero-order chi connectivity index (χ0) is 16.1. The van der Waals surface area contributed by atoms with Gasteiger partial charge in [0.25, 0.3) is 5.69 Å². The van der Waals surface area contributed by atoms with Gasteiger partial charge in [-0.2, -0.15) is 0 Å². The standard InChI is InChI=1S/C17H16N2O4/c20-19(21)15-6-8-16(9-7-15)23-13-17-12-18(10-11-22-17)14-4-2-1-3-5-14/h1-9,13H,10-12H2. The second-order valence-corrected chi connectivity index (χ2v) is 5.06. The van der Waals surface area contributed by atoms with Gasteiger partial charge in [-0.25, -0.2) is 0 Å². The van der Waals surface area contributed by atoms with Gasteiger partial charge < -0.3 is 14.4 Å². The van der Waals surface area contributed by atoms with Crippen molar-refractivity contribution in [1.82, 2.24) is 0 Å². The first kappa shape index (κ1) is 14.9. The fraction of sp³-hybridized carbons (Fsp3) is 0.176. The molecule has 6 heteroatoms. The molecular formula is C17H16N2O4. The van der Waals surface area contributed by atoms with E-state index in [0.29, 0.717) is 18.9 Å². The summed E-state index contributed by atoms with van der Waals surface area (Å²) in [5, 5.41) is 10.6. The molecule has 23 heavy (non-hydrogen) atoms. The topological polar surface area (TPSA) is 64.8 Å². The van der Waals surface area contributed by atoms with E-state index in [1.165, 1.54) is 12.1 Å². The maximum Gasteiger partial charge on any atom is 0.269 e. The summed E-state index contributed by atoms with van der Waals surface area (Å²) < 4.78 is 11.1. The molecule has 1 heterocycles. The molecule has 0 radical (unpaired) electrons. The number of nitro benzene ring substituents is 1. The highest BCUT2D eigenvalue weighted by molar-refractivity contribution is 5.47. The van der Waals surface area contributed by atoms with Gasteiger partial charge in [-0.05, 0) is 24.3 Å². The van der Waals surface area contributed by atoms with Crippen LogP contribution >= 0.6 is 0 Å². The van der Waals surface area contributed by atoms with Gasteiger partial charge in [-0.3, -0.25) is 10.1 Å². The average molecular weight is 312 g/mol. The Morgan fingerprint density at radius 3 is 2.57 bits per heavy atom. The van der Waals surface area contributed by atoms with Crippen molar-refractivity contribution in [2.75, 3.05) is 24.6 Å². The van der Waals surface area contributed by atoms with Crippen LogP contribution in [0.5, 0.6) is 5.75 Å². The van der Waals surface area contributed by atoms with Gasteiger partial charge >= 0.3 is 0 Å². The number of nitrogens with zero attached hydrogens (tertiary/aromatic N) is 2. The van der Waals surface area contributed by atoms with E-state index in [1.807, 2.05) is 18.2 Å². The molecule has 1 aliphatic rings. The number of para-hydroxylation sites is 1. The number of morpholine rings is 1. The van der Waals surface area contributed by atoms with Crippen LogP contribution in [0.3, 0.4) is 0 Å². The minimum Gasteiger partial charge on any atom is -0.491 e. The first-order chi connectivity index (χ1) is 11.2. The minimum absolute atomic E-state index is 0.0363. The Labute approximate surface area is 133 Å². The van der Waals surface area contributed by atoms with Crippen LogP contribution < -0.4 is 9.64 Å². The van der Waals surface area contributed by atoms with E-state index in [4.69, 9.17) is 9.47 Å². The van der Waals surface area contributed by atoms with Crippen LogP contribution in [0.15, 0.2) is 66.6 Å². The summed E-state index contributed by atoms with van der Waals surface area (Å²) in [6.45, 7) is 2.03. The normalized spacial score (nSPS) is 16.0. The van der Waals surface area contributed by atoms with E-state index >= 15 is 0 Å². The molecule has 2 aromatic rings. The molecule has 0 N–H and O–H groups in total. The van der Waals surface area contributed by atoms with E-state index in [1.54, 1.807) is 18.4 Å². The number of nitro groups is 1. The van der Waals surface area contributed by atoms with Crippen LogP contribution in [0.1, 0.15) is 0 Å². The van der Waals surface area contributed by atoms with Gasteiger partial charge in [-0.15, -0.1) is 0 Å². The Morgan fingerprint density at radius 1 is 1.13 bits per heavy atom. The van der Waals surface area contributed by atoms with Crippen LogP contribution in [-0.4, -0.2) is 24.6 Å². The Bertz CT molecular complexity index is 698. The first-order valence-corrected chi connectivity index (χ1v) is 7.25. The monoisotopic (exact) mass is 312 g/mol. The van der Waals surface area contributed by atoms with Gasteiger partial charge in [0.2, 0.25) is 0 Å². The zero-order valence-electron chi connectivity index (χ0n) is 12.4. The van der Waals surface area contributed by atoms with Crippen molar-refractivity contribution in [3.8, 4) is 5.75 Å². The molecule has 0 bridgehead atoms. The lowest BCUT2D eigenvalue weighted by Crippen LogP contribution is -2.35. The summed E-state index contributed by atoms with van der Waals surface area (Å²) in [7, 11) is 0. The van der Waals surface area contributed by atoms with Crippen molar-refractivity contribution in [2.24, 2.45) is 0 Å². The Balaban J connectivity index is 1.64. The molecule has 0 aliphatic carbocycles. The summed E-state index contributed by atoms with van der Waals surface area (Å²) >= 11 is 0. The predicted molar refractivity (Wildman–Crippen MR) is 86.4 cm³/mol. The van der Waals surface area contributed by atoms with E-state index in [2.05, 4.69) is 17.0 Å². The second-order valence-electron chi connectivity index (χ2n) is 5.06. The highest BCUT2D eigenvalue weighted by atomic mass is 16.6. The van der Waals surface area contributed by atoms with E-state index in [-0.39, 0.29) is 5.69 Å². The van der Waals surface area contributed by atoms with Crippen molar-refractivity contribution in [3.05, 3.63) is 76.7 Å². The van der Waals surface area contributed by atoms with Gasteiger partial charge in [0, 0.05) is 17.8 Å². The molecule has 3 rings (SSSR count). The number of anilines is 1. The van der Waals surface area contributed by atoms with Crippen molar-refractivity contribution < 1.29 is 14.4 Å². The second kappa shape index (κ2) is 6.83. The number of benzene rings is 2. The molecule has 6 nitrogen and oxygen atoms in total. The highest BCUT2D eigenvalue weighted by Crippen LogP contribution is 2.21. The Morgan fingerprint density at radius 2 is 1.87 bits per heavy atom. The average Bonchev–Trinajstić information content (AvgIpc) is 2.61. The fourth-order valence-electron chi connectivity index (χ4n) is 2.31. The van der Waals surface area contributed by atoms with Crippen LogP contribution in [0, 0.1) is 10.1 Å². The van der Waals surface area contributed by atoms with E-state index in [0.717, 1.165) is 18.0 Å². The molecule has 2 aromatic carbocycles. The number of hydrogen-bond acceptors (Lipinski definition) is 5. The SMILES string of the molecule is O=[N+]([O-])c1ccc(OC=C2CN(c3ccccc3)CCO2)cc1. The largest absolute Gasteiger partial charge is 0.491 e. The summed E-state index contributed by atoms with van der Waals surface area (Å²) in [5.41, 5.74) is 1.17. The smallest absolute Gasteiger partial charge is 0.269 e. The molecule has 1 fully saturated rings. The lowest BCUT2D eigenvalue weighted by Gasteiger charge is -2.30. The number of rotatable bonds is 4. The number of non-ortho nitro benzene ring substituents is 1. The van der Waals surface area contributed by atoms with Gasteiger partial charge in [0.15, 0.2) is 5.76 Å². The molecule has 1 aliphatic heterocycles. The molecule has 1 saturated heterocycles.